The van der Waals surface area contributed by atoms with E-state index in [1.807, 2.05) is 50.2 Å². The molecule has 3 aromatic rings. The van der Waals surface area contributed by atoms with Crippen molar-refractivity contribution in [1.29, 1.82) is 0 Å². The van der Waals surface area contributed by atoms with Crippen molar-refractivity contribution < 1.29 is 13.9 Å². The summed E-state index contributed by atoms with van der Waals surface area (Å²) in [7, 11) is 1.61. The summed E-state index contributed by atoms with van der Waals surface area (Å²) in [5.41, 5.74) is 3.98. The number of methoxy groups -OCH3 is 1. The van der Waals surface area contributed by atoms with Gasteiger partial charge in [0.1, 0.15) is 5.75 Å². The lowest BCUT2D eigenvalue weighted by atomic mass is 10.0. The van der Waals surface area contributed by atoms with Crippen molar-refractivity contribution in [3.05, 3.63) is 83.4 Å². The molecular formula is C22H21FN2O2. The molecule has 27 heavy (non-hydrogen) atoms. The van der Waals surface area contributed by atoms with E-state index in [1.165, 1.54) is 12.3 Å². The van der Waals surface area contributed by atoms with Gasteiger partial charge in [-0.2, -0.15) is 4.39 Å². The normalized spacial score (nSPS) is 11.7. The zero-order valence-electron chi connectivity index (χ0n) is 15.5. The molecule has 4 nitrogen and oxygen atoms in total. The Kier molecular flexibility index (Phi) is 5.50. The Morgan fingerprint density at radius 2 is 1.89 bits per heavy atom. The number of rotatable bonds is 5. The average Bonchev–Trinajstić information content (AvgIpc) is 2.70. The number of halogens is 1. The number of aromatic nitrogens is 1. The maximum atomic E-state index is 13.4. The van der Waals surface area contributed by atoms with E-state index in [0.717, 1.165) is 28.0 Å². The van der Waals surface area contributed by atoms with E-state index in [-0.39, 0.29) is 11.9 Å². The van der Waals surface area contributed by atoms with Crippen LogP contribution in [-0.2, 0) is 0 Å². The number of pyridine rings is 1. The van der Waals surface area contributed by atoms with Gasteiger partial charge in [-0.05, 0) is 60.4 Å². The Hall–Kier alpha value is -3.21. The summed E-state index contributed by atoms with van der Waals surface area (Å²) in [4.78, 5) is 16.2. The second-order valence-electron chi connectivity index (χ2n) is 6.37. The molecule has 3 rings (SSSR count). The van der Waals surface area contributed by atoms with Gasteiger partial charge in [-0.3, -0.25) is 4.79 Å². The molecule has 0 spiro atoms. The molecule has 0 aliphatic carbocycles. The molecule has 0 aliphatic heterocycles. The van der Waals surface area contributed by atoms with E-state index in [4.69, 9.17) is 4.74 Å². The van der Waals surface area contributed by atoms with Gasteiger partial charge in [0.2, 0.25) is 5.95 Å². The van der Waals surface area contributed by atoms with E-state index < -0.39 is 5.95 Å². The van der Waals surface area contributed by atoms with Gasteiger partial charge in [-0.15, -0.1) is 0 Å². The molecule has 0 bridgehead atoms. The minimum Gasteiger partial charge on any atom is -0.497 e. The molecule has 1 unspecified atom stereocenters. The van der Waals surface area contributed by atoms with Crippen molar-refractivity contribution in [3.63, 3.8) is 0 Å². The second-order valence-corrected chi connectivity index (χ2v) is 6.37. The molecule has 0 radical (unpaired) electrons. The third-order valence-electron chi connectivity index (χ3n) is 4.47. The average molecular weight is 364 g/mol. The summed E-state index contributed by atoms with van der Waals surface area (Å²) in [6.07, 6.45) is 1.50. The van der Waals surface area contributed by atoms with Gasteiger partial charge in [0.25, 0.3) is 5.91 Å². The van der Waals surface area contributed by atoms with Gasteiger partial charge in [0, 0.05) is 17.8 Å². The highest BCUT2D eigenvalue weighted by atomic mass is 19.1. The first-order valence-corrected chi connectivity index (χ1v) is 8.65. The topological polar surface area (TPSA) is 51.2 Å². The number of amides is 1. The molecule has 0 aliphatic rings. The van der Waals surface area contributed by atoms with Crippen molar-refractivity contribution >= 4 is 5.91 Å². The highest BCUT2D eigenvalue weighted by molar-refractivity contribution is 5.95. The summed E-state index contributed by atoms with van der Waals surface area (Å²) >= 11 is 0. The zero-order chi connectivity index (χ0) is 19.4. The molecule has 1 atom stereocenters. The van der Waals surface area contributed by atoms with Crippen LogP contribution in [0.2, 0.25) is 0 Å². The van der Waals surface area contributed by atoms with E-state index in [9.17, 15) is 9.18 Å². The SMILES string of the molecule is COc1cccc(C(C)NC(=O)c2ccc(-c3cc(F)ncc3C)cc2)c1. The Morgan fingerprint density at radius 3 is 2.59 bits per heavy atom. The van der Waals surface area contributed by atoms with E-state index in [0.29, 0.717) is 5.56 Å². The molecule has 0 saturated carbocycles. The molecule has 1 aromatic heterocycles. The fourth-order valence-corrected chi connectivity index (χ4v) is 2.88. The van der Waals surface area contributed by atoms with Crippen LogP contribution in [0.3, 0.4) is 0 Å². The standard InChI is InChI=1S/C22H21FN2O2/c1-14-13-24-21(23)12-20(14)16-7-9-17(10-8-16)22(26)25-15(2)18-5-4-6-19(11-18)27-3/h4-13,15H,1-3H3,(H,25,26). The van der Waals surface area contributed by atoms with Crippen LogP contribution in [0.1, 0.15) is 34.5 Å². The minimum absolute atomic E-state index is 0.163. The van der Waals surface area contributed by atoms with Crippen LogP contribution in [0.15, 0.2) is 60.8 Å². The minimum atomic E-state index is -0.524. The number of nitrogens with one attached hydrogen (secondary N) is 1. The molecule has 1 N–H and O–H groups in total. The van der Waals surface area contributed by atoms with Gasteiger partial charge in [-0.25, -0.2) is 4.98 Å². The first-order chi connectivity index (χ1) is 13.0. The lowest BCUT2D eigenvalue weighted by Crippen LogP contribution is -2.26. The summed E-state index contributed by atoms with van der Waals surface area (Å²) in [6.45, 7) is 3.79. The molecule has 0 fully saturated rings. The molecule has 2 aromatic carbocycles. The Bertz CT molecular complexity index is 955. The van der Waals surface area contributed by atoms with Gasteiger partial charge >= 0.3 is 0 Å². The van der Waals surface area contributed by atoms with Crippen molar-refractivity contribution in [2.45, 2.75) is 19.9 Å². The van der Waals surface area contributed by atoms with Crippen LogP contribution in [-0.4, -0.2) is 18.0 Å². The maximum Gasteiger partial charge on any atom is 0.251 e. The summed E-state index contributed by atoms with van der Waals surface area (Å²) in [5, 5.41) is 2.98. The number of ether oxygens (including phenoxy) is 1. The molecular weight excluding hydrogens is 343 g/mol. The number of benzene rings is 2. The van der Waals surface area contributed by atoms with Gasteiger partial charge < -0.3 is 10.1 Å². The molecule has 138 valence electrons. The van der Waals surface area contributed by atoms with Gasteiger partial charge in [0.15, 0.2) is 0 Å². The fourth-order valence-electron chi connectivity index (χ4n) is 2.88. The van der Waals surface area contributed by atoms with E-state index >= 15 is 0 Å². The molecule has 1 amide bonds. The van der Waals surface area contributed by atoms with Gasteiger partial charge in [0.05, 0.1) is 13.2 Å². The van der Waals surface area contributed by atoms with Crippen LogP contribution in [0.5, 0.6) is 5.75 Å². The van der Waals surface area contributed by atoms with Crippen molar-refractivity contribution in [1.82, 2.24) is 10.3 Å². The van der Waals surface area contributed by atoms with Gasteiger partial charge in [-0.1, -0.05) is 24.3 Å². The monoisotopic (exact) mass is 364 g/mol. The van der Waals surface area contributed by atoms with Crippen molar-refractivity contribution in [3.8, 4) is 16.9 Å². The van der Waals surface area contributed by atoms with E-state index in [1.54, 1.807) is 19.2 Å². The Morgan fingerprint density at radius 1 is 1.15 bits per heavy atom. The van der Waals surface area contributed by atoms with Crippen molar-refractivity contribution in [2.24, 2.45) is 0 Å². The summed E-state index contributed by atoms with van der Waals surface area (Å²) < 4.78 is 18.6. The predicted molar refractivity (Wildman–Crippen MR) is 103 cm³/mol. The first-order valence-electron chi connectivity index (χ1n) is 8.65. The second kappa shape index (κ2) is 7.99. The van der Waals surface area contributed by atoms with Crippen LogP contribution < -0.4 is 10.1 Å². The fraction of sp³-hybridized carbons (Fsp3) is 0.182. The quantitative estimate of drug-likeness (QED) is 0.668. The number of carbonyl (C=O) groups excluding carboxylic acids is 1. The third-order valence-corrected chi connectivity index (χ3v) is 4.47. The number of carbonyl (C=O) groups is 1. The van der Waals surface area contributed by atoms with Crippen LogP contribution in [0.4, 0.5) is 4.39 Å². The number of nitrogens with zero attached hydrogens (tertiary/aromatic N) is 1. The lowest BCUT2D eigenvalue weighted by molar-refractivity contribution is 0.0940. The largest absolute Gasteiger partial charge is 0.497 e. The molecule has 5 heteroatoms. The smallest absolute Gasteiger partial charge is 0.251 e. The Balaban J connectivity index is 1.74. The summed E-state index contributed by atoms with van der Waals surface area (Å²) in [6, 6.07) is 15.9. The molecule has 1 heterocycles. The number of hydrogen-bond acceptors (Lipinski definition) is 3. The number of hydrogen-bond donors (Lipinski definition) is 1. The van der Waals surface area contributed by atoms with E-state index in [2.05, 4.69) is 10.3 Å². The molecule has 0 saturated heterocycles. The lowest BCUT2D eigenvalue weighted by Gasteiger charge is -2.15. The van der Waals surface area contributed by atoms with Crippen LogP contribution in [0.25, 0.3) is 11.1 Å². The Labute approximate surface area is 158 Å². The van der Waals surface area contributed by atoms with Crippen molar-refractivity contribution in [2.75, 3.05) is 7.11 Å². The number of aryl methyl sites for hydroxylation is 1. The highest BCUT2D eigenvalue weighted by Crippen LogP contribution is 2.24. The predicted octanol–water partition coefficient (Wildman–Crippen LogP) is 4.70. The van der Waals surface area contributed by atoms with Crippen LogP contribution in [0, 0.1) is 12.9 Å². The maximum absolute atomic E-state index is 13.4. The summed E-state index contributed by atoms with van der Waals surface area (Å²) in [5.74, 6) is 0.0527. The van der Waals surface area contributed by atoms with Crippen LogP contribution >= 0.6 is 0 Å². The third kappa shape index (κ3) is 4.31. The zero-order valence-corrected chi connectivity index (χ0v) is 15.5. The highest BCUT2D eigenvalue weighted by Gasteiger charge is 2.13. The first kappa shape index (κ1) is 18.6.